The molecule has 1 aromatic carbocycles. The first-order chi connectivity index (χ1) is 9.08. The van der Waals surface area contributed by atoms with E-state index in [1.54, 1.807) is 11.8 Å². The molecule has 0 spiro atoms. The van der Waals surface area contributed by atoms with E-state index in [-0.39, 0.29) is 17.9 Å². The minimum atomic E-state index is -0.327. The summed E-state index contributed by atoms with van der Waals surface area (Å²) in [7, 11) is 0. The highest BCUT2D eigenvalue weighted by Crippen LogP contribution is 2.20. The van der Waals surface area contributed by atoms with Crippen molar-refractivity contribution in [1.29, 1.82) is 0 Å². The van der Waals surface area contributed by atoms with Crippen LogP contribution in [-0.2, 0) is 4.79 Å². The Morgan fingerprint density at radius 1 is 1.47 bits per heavy atom. The predicted octanol–water partition coefficient (Wildman–Crippen LogP) is 1.60. The number of carbonyl (C=O) groups is 1. The van der Waals surface area contributed by atoms with Gasteiger partial charge >= 0.3 is 0 Å². The minimum absolute atomic E-state index is 0.102. The van der Waals surface area contributed by atoms with Crippen LogP contribution in [0.5, 0.6) is 5.75 Å². The first-order valence-electron chi connectivity index (χ1n) is 6.72. The fraction of sp³-hybridized carbons (Fsp3) is 0.533. The molecule has 1 atom stereocenters. The number of aryl methyl sites for hydroxylation is 1. The van der Waals surface area contributed by atoms with Gasteiger partial charge in [-0.1, -0.05) is 18.2 Å². The average Bonchev–Trinajstić information content (AvgIpc) is 2.29. The van der Waals surface area contributed by atoms with Crippen molar-refractivity contribution in [2.45, 2.75) is 26.4 Å². The summed E-state index contributed by atoms with van der Waals surface area (Å²) >= 11 is 0. The van der Waals surface area contributed by atoms with E-state index >= 15 is 0 Å². The summed E-state index contributed by atoms with van der Waals surface area (Å²) in [6, 6.07) is 7.78. The number of aliphatic hydroxyl groups excluding tert-OH is 1. The Kier molecular flexibility index (Phi) is 4.43. The highest BCUT2D eigenvalue weighted by molar-refractivity contribution is 5.77. The van der Waals surface area contributed by atoms with Gasteiger partial charge in [0.05, 0.1) is 19.1 Å². The van der Waals surface area contributed by atoms with Crippen molar-refractivity contribution in [3.63, 3.8) is 0 Å². The molecular weight excluding hydrogens is 242 g/mol. The SMILES string of the molecule is Cc1ccccc1OCCC(=O)N1CC([C@@H](C)O)C1. The lowest BCUT2D eigenvalue weighted by Gasteiger charge is -2.40. The highest BCUT2D eigenvalue weighted by Gasteiger charge is 2.33. The molecule has 104 valence electrons. The molecule has 0 aliphatic carbocycles. The summed E-state index contributed by atoms with van der Waals surface area (Å²) in [5.41, 5.74) is 1.08. The van der Waals surface area contributed by atoms with Crippen LogP contribution in [0.15, 0.2) is 24.3 Å². The van der Waals surface area contributed by atoms with E-state index in [0.29, 0.717) is 26.1 Å². The number of nitrogens with zero attached hydrogens (tertiary/aromatic N) is 1. The van der Waals surface area contributed by atoms with Crippen LogP contribution in [0.3, 0.4) is 0 Å². The second-order valence-corrected chi connectivity index (χ2v) is 5.16. The fourth-order valence-electron chi connectivity index (χ4n) is 2.15. The maximum Gasteiger partial charge on any atom is 0.226 e. The molecule has 19 heavy (non-hydrogen) atoms. The Morgan fingerprint density at radius 2 is 2.16 bits per heavy atom. The molecule has 1 aliphatic heterocycles. The van der Waals surface area contributed by atoms with E-state index in [9.17, 15) is 9.90 Å². The summed E-state index contributed by atoms with van der Waals surface area (Å²) in [6.07, 6.45) is 0.0631. The molecule has 4 heteroatoms. The lowest BCUT2D eigenvalue weighted by molar-refractivity contribution is -0.140. The third-order valence-electron chi connectivity index (χ3n) is 3.61. The van der Waals surface area contributed by atoms with Crippen molar-refractivity contribution in [3.05, 3.63) is 29.8 Å². The first kappa shape index (κ1) is 13.9. The van der Waals surface area contributed by atoms with Crippen molar-refractivity contribution in [2.24, 2.45) is 5.92 Å². The Hall–Kier alpha value is -1.55. The van der Waals surface area contributed by atoms with Crippen LogP contribution in [0, 0.1) is 12.8 Å². The molecule has 2 rings (SSSR count). The molecule has 0 aromatic heterocycles. The normalized spacial score (nSPS) is 16.9. The van der Waals surface area contributed by atoms with Gasteiger partial charge in [-0.25, -0.2) is 0 Å². The molecule has 0 bridgehead atoms. The van der Waals surface area contributed by atoms with Crippen molar-refractivity contribution < 1.29 is 14.6 Å². The van der Waals surface area contributed by atoms with Gasteiger partial charge in [0.2, 0.25) is 5.91 Å². The molecule has 1 fully saturated rings. The van der Waals surface area contributed by atoms with Crippen molar-refractivity contribution in [2.75, 3.05) is 19.7 Å². The van der Waals surface area contributed by atoms with E-state index in [1.165, 1.54) is 0 Å². The number of aliphatic hydroxyl groups is 1. The zero-order chi connectivity index (χ0) is 13.8. The van der Waals surface area contributed by atoms with Crippen LogP contribution >= 0.6 is 0 Å². The summed E-state index contributed by atoms with van der Waals surface area (Å²) < 4.78 is 5.60. The molecule has 0 radical (unpaired) electrons. The zero-order valence-electron chi connectivity index (χ0n) is 11.5. The van der Waals surface area contributed by atoms with Gasteiger partial charge in [-0.15, -0.1) is 0 Å². The maximum atomic E-state index is 11.8. The van der Waals surface area contributed by atoms with Gasteiger partial charge in [-0.3, -0.25) is 4.79 Å². The zero-order valence-corrected chi connectivity index (χ0v) is 11.5. The number of carbonyl (C=O) groups excluding carboxylic acids is 1. The Bertz CT molecular complexity index is 439. The molecule has 1 aliphatic rings. The standard InChI is InChI=1S/C15H21NO3/c1-11-5-3-4-6-14(11)19-8-7-15(18)16-9-13(10-16)12(2)17/h3-6,12-13,17H,7-10H2,1-2H3/t12-/m1/s1. The molecule has 1 aromatic rings. The van der Waals surface area contributed by atoms with Crippen LogP contribution in [0.2, 0.25) is 0 Å². The second-order valence-electron chi connectivity index (χ2n) is 5.16. The van der Waals surface area contributed by atoms with E-state index < -0.39 is 0 Å². The highest BCUT2D eigenvalue weighted by atomic mass is 16.5. The van der Waals surface area contributed by atoms with Crippen molar-refractivity contribution >= 4 is 5.91 Å². The van der Waals surface area contributed by atoms with Crippen LogP contribution in [-0.4, -0.2) is 41.7 Å². The van der Waals surface area contributed by atoms with Crippen LogP contribution in [0.4, 0.5) is 0 Å². The maximum absolute atomic E-state index is 11.8. The van der Waals surface area contributed by atoms with E-state index in [2.05, 4.69) is 0 Å². The lowest BCUT2D eigenvalue weighted by Crippen LogP contribution is -2.53. The number of ether oxygens (including phenoxy) is 1. The first-order valence-corrected chi connectivity index (χ1v) is 6.72. The average molecular weight is 263 g/mol. The lowest BCUT2D eigenvalue weighted by atomic mass is 9.94. The van der Waals surface area contributed by atoms with Crippen LogP contribution in [0.25, 0.3) is 0 Å². The van der Waals surface area contributed by atoms with E-state index in [4.69, 9.17) is 4.74 Å². The van der Waals surface area contributed by atoms with Gasteiger partial charge in [0.25, 0.3) is 0 Å². The monoisotopic (exact) mass is 263 g/mol. The molecule has 0 unspecified atom stereocenters. The van der Waals surface area contributed by atoms with E-state index in [1.807, 2.05) is 31.2 Å². The smallest absolute Gasteiger partial charge is 0.226 e. The third-order valence-corrected chi connectivity index (χ3v) is 3.61. The van der Waals surface area contributed by atoms with Crippen LogP contribution < -0.4 is 4.74 Å². The van der Waals surface area contributed by atoms with E-state index in [0.717, 1.165) is 11.3 Å². The summed E-state index contributed by atoms with van der Waals surface area (Å²) in [5, 5.41) is 9.36. The van der Waals surface area contributed by atoms with Gasteiger partial charge < -0.3 is 14.7 Å². The van der Waals surface area contributed by atoms with Crippen molar-refractivity contribution in [3.8, 4) is 5.75 Å². The molecule has 4 nitrogen and oxygen atoms in total. The summed E-state index contributed by atoms with van der Waals surface area (Å²) in [5.74, 6) is 1.17. The third kappa shape index (κ3) is 3.47. The molecule has 1 heterocycles. The Labute approximate surface area is 114 Å². The summed E-state index contributed by atoms with van der Waals surface area (Å²) in [4.78, 5) is 13.6. The number of hydrogen-bond donors (Lipinski definition) is 1. The molecule has 1 saturated heterocycles. The number of likely N-dealkylation sites (tertiary alicyclic amines) is 1. The Balaban J connectivity index is 1.69. The largest absolute Gasteiger partial charge is 0.493 e. The number of rotatable bonds is 5. The van der Waals surface area contributed by atoms with Crippen molar-refractivity contribution in [1.82, 2.24) is 4.90 Å². The number of para-hydroxylation sites is 1. The minimum Gasteiger partial charge on any atom is -0.493 e. The summed E-state index contributed by atoms with van der Waals surface area (Å²) in [6.45, 7) is 5.49. The predicted molar refractivity (Wildman–Crippen MR) is 73.0 cm³/mol. The topological polar surface area (TPSA) is 49.8 Å². The molecule has 0 saturated carbocycles. The van der Waals surface area contributed by atoms with Gasteiger partial charge in [-0.05, 0) is 25.5 Å². The fourth-order valence-corrected chi connectivity index (χ4v) is 2.15. The van der Waals surface area contributed by atoms with Gasteiger partial charge in [0.1, 0.15) is 5.75 Å². The number of amides is 1. The number of hydrogen-bond acceptors (Lipinski definition) is 3. The van der Waals surface area contributed by atoms with Crippen LogP contribution in [0.1, 0.15) is 18.9 Å². The molecular formula is C15H21NO3. The van der Waals surface area contributed by atoms with Gasteiger partial charge in [0, 0.05) is 19.0 Å². The second kappa shape index (κ2) is 6.06. The quantitative estimate of drug-likeness (QED) is 0.878. The molecule has 1 amide bonds. The van der Waals surface area contributed by atoms with Gasteiger partial charge in [-0.2, -0.15) is 0 Å². The number of benzene rings is 1. The van der Waals surface area contributed by atoms with Gasteiger partial charge in [0.15, 0.2) is 0 Å². The Morgan fingerprint density at radius 3 is 2.79 bits per heavy atom. The molecule has 1 N–H and O–H groups in total.